The monoisotopic (exact) mass is 264 g/mol. The van der Waals surface area contributed by atoms with Gasteiger partial charge in [0.05, 0.1) is 0 Å². The second-order valence-corrected chi connectivity index (χ2v) is 2.87. The highest BCUT2D eigenvalue weighted by Crippen LogP contribution is 2.61. The molecule has 0 aliphatic carbocycles. The summed E-state index contributed by atoms with van der Waals surface area (Å²) in [6, 6.07) is 0. The molecule has 0 spiro atoms. The van der Waals surface area contributed by atoms with Crippen LogP contribution in [0.2, 0.25) is 0 Å². The summed E-state index contributed by atoms with van der Waals surface area (Å²) in [5.74, 6) is 0. The van der Waals surface area contributed by atoms with Gasteiger partial charge in [-0.05, 0) is 0 Å². The first-order valence-electron chi connectivity index (χ1n) is 3.62. The van der Waals surface area contributed by atoms with E-state index in [0.717, 1.165) is 0 Å². The van der Waals surface area contributed by atoms with Crippen LogP contribution in [0, 0.1) is 5.41 Å². The van der Waals surface area contributed by atoms with Gasteiger partial charge in [0.2, 0.25) is 0 Å². The van der Waals surface area contributed by atoms with E-state index in [0.29, 0.717) is 0 Å². The van der Waals surface area contributed by atoms with Crippen LogP contribution in [0.4, 0.5) is 39.5 Å². The Balaban J connectivity index is 5.82. The minimum absolute atomic E-state index is 1.89. The van der Waals surface area contributed by atoms with E-state index in [1.807, 2.05) is 0 Å². The fraction of sp³-hybridized carbons (Fsp3) is 1.00. The third-order valence-electron chi connectivity index (χ3n) is 1.94. The third kappa shape index (κ3) is 2.20. The molecule has 0 aliphatic heterocycles. The van der Waals surface area contributed by atoms with Gasteiger partial charge >= 0.3 is 18.5 Å². The molecule has 0 bridgehead atoms. The largest absolute Gasteiger partial charge is 0.412 e. The number of hydrogen-bond donors (Lipinski definition) is 1. The highest BCUT2D eigenvalue weighted by Gasteiger charge is 2.82. The predicted octanol–water partition coefficient (Wildman–Crippen LogP) is 3.04. The molecule has 0 rings (SSSR count). The second kappa shape index (κ2) is 3.97. The molecule has 1 N–H and O–H groups in total. The van der Waals surface area contributed by atoms with Gasteiger partial charge in [0, 0.05) is 13.0 Å². The molecule has 0 fully saturated rings. The zero-order valence-corrected chi connectivity index (χ0v) is 7.26. The molecule has 0 saturated heterocycles. The first-order valence-corrected chi connectivity index (χ1v) is 3.62. The molecule has 16 heavy (non-hydrogen) atoms. The van der Waals surface area contributed by atoms with E-state index >= 15 is 0 Å². The minimum atomic E-state index is -6.58. The van der Waals surface area contributed by atoms with Crippen molar-refractivity contribution in [2.75, 3.05) is 6.61 Å². The van der Waals surface area contributed by atoms with Crippen LogP contribution in [0.25, 0.3) is 0 Å². The number of aliphatic hydroxyl groups excluding tert-OH is 1. The number of hydrogen-bond acceptors (Lipinski definition) is 1. The molecule has 0 amide bonds. The molecule has 0 unspecified atom stereocenters. The lowest BCUT2D eigenvalue weighted by Gasteiger charge is -2.38. The molecule has 0 aromatic rings. The number of alkyl halides is 9. The Hall–Kier alpha value is -0.670. The molecule has 98 valence electrons. The first-order chi connectivity index (χ1) is 6.81. The highest BCUT2D eigenvalue weighted by molar-refractivity contribution is 4.98. The Morgan fingerprint density at radius 3 is 0.938 bits per heavy atom. The first kappa shape index (κ1) is 15.3. The molecule has 0 saturated carbocycles. The normalized spacial score (nSPS) is 15.4. The van der Waals surface area contributed by atoms with E-state index in [1.165, 1.54) is 0 Å². The zero-order chi connectivity index (χ0) is 13.4. The van der Waals surface area contributed by atoms with Gasteiger partial charge in [0.1, 0.15) is 0 Å². The standard InChI is InChI=1S/C6H5F9O/c7-4(8,9)3(1-2-16,5(10,11)12)6(13,14)15/h16H,1-2H2. The van der Waals surface area contributed by atoms with Gasteiger partial charge in [-0.25, -0.2) is 0 Å². The Labute approximate surface area is 82.8 Å². The summed E-state index contributed by atoms with van der Waals surface area (Å²) < 4.78 is 108. The molecule has 0 aliphatic rings. The minimum Gasteiger partial charge on any atom is -0.396 e. The lowest BCUT2D eigenvalue weighted by molar-refractivity contribution is -0.429. The van der Waals surface area contributed by atoms with Crippen LogP contribution >= 0.6 is 0 Å². The van der Waals surface area contributed by atoms with Crippen LogP contribution in [0.5, 0.6) is 0 Å². The Morgan fingerprint density at radius 1 is 0.625 bits per heavy atom. The van der Waals surface area contributed by atoms with Crippen LogP contribution < -0.4 is 0 Å². The quantitative estimate of drug-likeness (QED) is 0.760. The molecule has 0 heterocycles. The van der Waals surface area contributed by atoms with Crippen molar-refractivity contribution in [2.24, 2.45) is 5.41 Å². The van der Waals surface area contributed by atoms with Crippen molar-refractivity contribution in [1.82, 2.24) is 0 Å². The van der Waals surface area contributed by atoms with Crippen LogP contribution in [0.1, 0.15) is 6.42 Å². The van der Waals surface area contributed by atoms with E-state index in [4.69, 9.17) is 5.11 Å². The van der Waals surface area contributed by atoms with E-state index in [2.05, 4.69) is 0 Å². The number of rotatable bonds is 2. The van der Waals surface area contributed by atoms with Gasteiger partial charge in [-0.1, -0.05) is 0 Å². The lowest BCUT2D eigenvalue weighted by Crippen LogP contribution is -2.59. The summed E-state index contributed by atoms with van der Waals surface area (Å²) in [5.41, 5.74) is -5.89. The SMILES string of the molecule is OCCC(C(F)(F)F)(C(F)(F)F)C(F)(F)F. The summed E-state index contributed by atoms with van der Waals surface area (Å²) in [5, 5.41) is 7.99. The van der Waals surface area contributed by atoms with E-state index in [9.17, 15) is 39.5 Å². The van der Waals surface area contributed by atoms with Crippen LogP contribution in [-0.2, 0) is 0 Å². The van der Waals surface area contributed by atoms with Crippen LogP contribution in [0.15, 0.2) is 0 Å². The average molecular weight is 264 g/mol. The summed E-state index contributed by atoms with van der Waals surface area (Å²) in [4.78, 5) is 0. The van der Waals surface area contributed by atoms with Crippen molar-refractivity contribution < 1.29 is 44.6 Å². The maximum atomic E-state index is 12.0. The van der Waals surface area contributed by atoms with Crippen molar-refractivity contribution in [1.29, 1.82) is 0 Å². The van der Waals surface area contributed by atoms with Crippen molar-refractivity contribution in [3.63, 3.8) is 0 Å². The van der Waals surface area contributed by atoms with Gasteiger partial charge in [-0.2, -0.15) is 39.5 Å². The van der Waals surface area contributed by atoms with Crippen molar-refractivity contribution in [3.05, 3.63) is 0 Å². The van der Waals surface area contributed by atoms with Gasteiger partial charge in [0.15, 0.2) is 0 Å². The van der Waals surface area contributed by atoms with Crippen LogP contribution in [-0.4, -0.2) is 30.2 Å². The van der Waals surface area contributed by atoms with Crippen molar-refractivity contribution >= 4 is 0 Å². The van der Waals surface area contributed by atoms with Crippen molar-refractivity contribution in [3.8, 4) is 0 Å². The highest BCUT2D eigenvalue weighted by atomic mass is 19.4. The van der Waals surface area contributed by atoms with Crippen LogP contribution in [0.3, 0.4) is 0 Å². The molecule has 0 aromatic carbocycles. The fourth-order valence-corrected chi connectivity index (χ4v) is 1.08. The summed E-state index contributed by atoms with van der Waals surface area (Å²) in [6.45, 7) is -1.89. The van der Waals surface area contributed by atoms with Crippen molar-refractivity contribution in [2.45, 2.75) is 24.9 Å². The van der Waals surface area contributed by atoms with Gasteiger partial charge in [-0.15, -0.1) is 0 Å². The zero-order valence-electron chi connectivity index (χ0n) is 7.26. The molecule has 0 aromatic heterocycles. The molecular weight excluding hydrogens is 259 g/mol. The van der Waals surface area contributed by atoms with E-state index in [-0.39, 0.29) is 0 Å². The number of halogens is 9. The summed E-state index contributed by atoms with van der Waals surface area (Å²) >= 11 is 0. The van der Waals surface area contributed by atoms with Gasteiger partial charge in [-0.3, -0.25) is 0 Å². The molecule has 0 atom stereocenters. The molecule has 10 heteroatoms. The molecule has 1 nitrogen and oxygen atoms in total. The van der Waals surface area contributed by atoms with E-state index < -0.39 is 37.0 Å². The topological polar surface area (TPSA) is 20.2 Å². The second-order valence-electron chi connectivity index (χ2n) is 2.87. The summed E-state index contributed by atoms with van der Waals surface area (Å²) in [6.07, 6.45) is -22.2. The summed E-state index contributed by atoms with van der Waals surface area (Å²) in [7, 11) is 0. The third-order valence-corrected chi connectivity index (χ3v) is 1.94. The van der Waals surface area contributed by atoms with E-state index in [1.54, 1.807) is 0 Å². The molecular formula is C6H5F9O. The Kier molecular flexibility index (Phi) is 3.80. The molecule has 0 radical (unpaired) electrons. The smallest absolute Gasteiger partial charge is 0.396 e. The fourth-order valence-electron chi connectivity index (χ4n) is 1.08. The Bertz CT molecular complexity index is 198. The van der Waals surface area contributed by atoms with Gasteiger partial charge < -0.3 is 5.11 Å². The predicted molar refractivity (Wildman–Crippen MR) is 32.3 cm³/mol. The maximum absolute atomic E-state index is 12.0. The Morgan fingerprint density at radius 2 is 0.875 bits per heavy atom. The number of aliphatic hydroxyl groups is 1. The maximum Gasteiger partial charge on any atom is 0.412 e. The lowest BCUT2D eigenvalue weighted by atomic mass is 9.82. The van der Waals surface area contributed by atoms with Gasteiger partial charge in [0.25, 0.3) is 5.41 Å². The average Bonchev–Trinajstić information content (AvgIpc) is 1.91.